The van der Waals surface area contributed by atoms with Crippen LogP contribution in [0, 0.1) is 0 Å². The maximum absolute atomic E-state index is 12.6. The van der Waals surface area contributed by atoms with Gasteiger partial charge in [-0.15, -0.1) is 0 Å². The van der Waals surface area contributed by atoms with Gasteiger partial charge in [0.05, 0.1) is 19.2 Å². The predicted molar refractivity (Wildman–Crippen MR) is 107 cm³/mol. The van der Waals surface area contributed by atoms with Crippen molar-refractivity contribution in [2.45, 2.75) is 39.5 Å². The molecule has 2 rings (SSSR count). The van der Waals surface area contributed by atoms with E-state index in [0.29, 0.717) is 30.2 Å². The Morgan fingerprint density at radius 1 is 1.07 bits per heavy atom. The number of methoxy groups -OCH3 is 1. The van der Waals surface area contributed by atoms with Crippen molar-refractivity contribution in [3.8, 4) is 17.2 Å². The molecule has 27 heavy (non-hydrogen) atoms. The van der Waals surface area contributed by atoms with Crippen molar-refractivity contribution >= 4 is 5.91 Å². The minimum Gasteiger partial charge on any atom is -0.507 e. The summed E-state index contributed by atoms with van der Waals surface area (Å²) in [6.45, 7) is 8.76. The van der Waals surface area contributed by atoms with Gasteiger partial charge in [-0.3, -0.25) is 4.79 Å². The van der Waals surface area contributed by atoms with E-state index >= 15 is 0 Å². The Balaban J connectivity index is 2.05. The maximum Gasteiger partial charge on any atom is 0.255 e. The zero-order chi connectivity index (χ0) is 20.0. The fraction of sp³-hybridized carbons (Fsp3) is 0.409. The highest BCUT2D eigenvalue weighted by Crippen LogP contribution is 2.33. The maximum atomic E-state index is 12.6. The van der Waals surface area contributed by atoms with Gasteiger partial charge in [-0.1, -0.05) is 45.9 Å². The van der Waals surface area contributed by atoms with Crippen molar-refractivity contribution in [2.75, 3.05) is 20.3 Å². The lowest BCUT2D eigenvalue weighted by molar-refractivity contribution is 0.0944. The lowest BCUT2D eigenvalue weighted by atomic mass is 9.91. The van der Waals surface area contributed by atoms with Crippen LogP contribution in [-0.4, -0.2) is 31.3 Å². The summed E-state index contributed by atoms with van der Waals surface area (Å²) >= 11 is 0. The number of hydrogen-bond donors (Lipinski definition) is 2. The first kappa shape index (κ1) is 20.6. The van der Waals surface area contributed by atoms with E-state index in [2.05, 4.69) is 19.2 Å². The molecule has 0 aromatic heterocycles. The lowest BCUT2D eigenvalue weighted by Gasteiger charge is -2.17. The van der Waals surface area contributed by atoms with Gasteiger partial charge in [-0.05, 0) is 41.2 Å². The third kappa shape index (κ3) is 5.16. The molecule has 146 valence electrons. The molecule has 1 amide bonds. The number of phenols is 1. The van der Waals surface area contributed by atoms with Gasteiger partial charge in [0.15, 0.2) is 11.5 Å². The molecular formula is C22H29NO4. The van der Waals surface area contributed by atoms with E-state index in [0.717, 1.165) is 11.1 Å². The first-order chi connectivity index (χ1) is 12.8. The van der Waals surface area contributed by atoms with Crippen LogP contribution in [-0.2, 0) is 0 Å². The van der Waals surface area contributed by atoms with Gasteiger partial charge in [-0.25, -0.2) is 0 Å². The van der Waals surface area contributed by atoms with Crippen molar-refractivity contribution in [3.05, 3.63) is 53.1 Å². The zero-order valence-electron chi connectivity index (χ0n) is 16.7. The Hall–Kier alpha value is -2.69. The summed E-state index contributed by atoms with van der Waals surface area (Å²) in [5, 5.41) is 13.3. The monoisotopic (exact) mass is 371 g/mol. The number of ether oxygens (including phenoxy) is 2. The lowest BCUT2D eigenvalue weighted by Crippen LogP contribution is -2.28. The minimum absolute atomic E-state index is 0.0533. The molecule has 0 heterocycles. The number of benzene rings is 2. The Bertz CT molecular complexity index is 784. The second-order valence-corrected chi connectivity index (χ2v) is 7.07. The molecule has 0 saturated heterocycles. The van der Waals surface area contributed by atoms with Gasteiger partial charge in [-0.2, -0.15) is 0 Å². The fourth-order valence-electron chi connectivity index (χ4n) is 2.79. The molecule has 2 N–H and O–H groups in total. The standard InChI is InChI=1S/C22H29NO4/c1-14(2)16-12-17(15(3)4)21(24)18(13-16)22(25)23-10-11-27-20-9-7-6-8-19(20)26-5/h6-9,12-15,24H,10-11H2,1-5H3,(H,23,25). The van der Waals surface area contributed by atoms with E-state index < -0.39 is 0 Å². The first-order valence-corrected chi connectivity index (χ1v) is 9.26. The van der Waals surface area contributed by atoms with Crippen LogP contribution in [0.2, 0.25) is 0 Å². The molecule has 0 saturated carbocycles. The summed E-state index contributed by atoms with van der Waals surface area (Å²) < 4.78 is 10.9. The normalized spacial score (nSPS) is 10.9. The van der Waals surface area contributed by atoms with Crippen LogP contribution >= 0.6 is 0 Å². The number of carbonyl (C=O) groups excluding carboxylic acids is 1. The molecule has 2 aromatic carbocycles. The fourth-order valence-corrected chi connectivity index (χ4v) is 2.79. The van der Waals surface area contributed by atoms with Gasteiger partial charge < -0.3 is 19.9 Å². The van der Waals surface area contributed by atoms with E-state index in [1.165, 1.54) is 0 Å². The number of hydrogen-bond acceptors (Lipinski definition) is 4. The molecule has 0 aliphatic rings. The Morgan fingerprint density at radius 3 is 2.33 bits per heavy atom. The molecule has 0 aliphatic carbocycles. The summed E-state index contributed by atoms with van der Waals surface area (Å²) in [6.07, 6.45) is 0. The van der Waals surface area contributed by atoms with Crippen LogP contribution in [0.3, 0.4) is 0 Å². The van der Waals surface area contributed by atoms with E-state index in [9.17, 15) is 9.90 Å². The molecule has 5 heteroatoms. The topological polar surface area (TPSA) is 67.8 Å². The number of phenolic OH excluding ortho intramolecular Hbond substituents is 1. The molecular weight excluding hydrogens is 342 g/mol. The molecule has 0 spiro atoms. The number of nitrogens with one attached hydrogen (secondary N) is 1. The van der Waals surface area contributed by atoms with Gasteiger partial charge in [0.2, 0.25) is 0 Å². The summed E-state index contributed by atoms with van der Waals surface area (Å²) in [4.78, 5) is 12.6. The number of rotatable bonds is 8. The Labute approximate surface area is 161 Å². The summed E-state index contributed by atoms with van der Waals surface area (Å²) in [6, 6.07) is 11.1. The van der Waals surface area contributed by atoms with Gasteiger partial charge >= 0.3 is 0 Å². The number of para-hydroxylation sites is 2. The molecule has 0 unspecified atom stereocenters. The third-order valence-corrected chi connectivity index (χ3v) is 4.41. The van der Waals surface area contributed by atoms with Crippen molar-refractivity contribution in [1.82, 2.24) is 5.32 Å². The molecule has 0 fully saturated rings. The smallest absolute Gasteiger partial charge is 0.255 e. The van der Waals surface area contributed by atoms with E-state index in [4.69, 9.17) is 9.47 Å². The molecule has 0 bridgehead atoms. The largest absolute Gasteiger partial charge is 0.507 e. The van der Waals surface area contributed by atoms with Gasteiger partial charge in [0.1, 0.15) is 12.4 Å². The average Bonchev–Trinajstić information content (AvgIpc) is 2.65. The second kappa shape index (κ2) is 9.31. The van der Waals surface area contributed by atoms with Crippen molar-refractivity contribution in [3.63, 3.8) is 0 Å². The Morgan fingerprint density at radius 2 is 1.74 bits per heavy atom. The third-order valence-electron chi connectivity index (χ3n) is 4.41. The van der Waals surface area contributed by atoms with Crippen molar-refractivity contribution in [1.29, 1.82) is 0 Å². The highest BCUT2D eigenvalue weighted by Gasteiger charge is 2.19. The van der Waals surface area contributed by atoms with Crippen LogP contribution in [0.15, 0.2) is 36.4 Å². The average molecular weight is 371 g/mol. The minimum atomic E-state index is -0.305. The molecule has 0 atom stereocenters. The summed E-state index contributed by atoms with van der Waals surface area (Å²) in [5.41, 5.74) is 2.13. The molecule has 5 nitrogen and oxygen atoms in total. The van der Waals surface area contributed by atoms with E-state index in [1.807, 2.05) is 44.2 Å². The van der Waals surface area contributed by atoms with Crippen LogP contribution in [0.25, 0.3) is 0 Å². The van der Waals surface area contributed by atoms with E-state index in [-0.39, 0.29) is 23.5 Å². The molecule has 2 aromatic rings. The van der Waals surface area contributed by atoms with Crippen molar-refractivity contribution < 1.29 is 19.4 Å². The molecule has 0 aliphatic heterocycles. The number of carbonyl (C=O) groups is 1. The van der Waals surface area contributed by atoms with Crippen LogP contribution < -0.4 is 14.8 Å². The summed E-state index contributed by atoms with van der Waals surface area (Å²) in [5.74, 6) is 1.42. The van der Waals surface area contributed by atoms with Gasteiger partial charge in [0.25, 0.3) is 5.91 Å². The molecule has 0 radical (unpaired) electrons. The Kier molecular flexibility index (Phi) is 7.11. The predicted octanol–water partition coefficient (Wildman–Crippen LogP) is 4.46. The highest BCUT2D eigenvalue weighted by molar-refractivity contribution is 5.97. The summed E-state index contributed by atoms with van der Waals surface area (Å²) in [7, 11) is 1.58. The van der Waals surface area contributed by atoms with Crippen LogP contribution in [0.4, 0.5) is 0 Å². The number of aromatic hydroxyl groups is 1. The zero-order valence-corrected chi connectivity index (χ0v) is 16.7. The SMILES string of the molecule is COc1ccccc1OCCNC(=O)c1cc(C(C)C)cc(C(C)C)c1O. The quantitative estimate of drug-likeness (QED) is 0.673. The van der Waals surface area contributed by atoms with Crippen molar-refractivity contribution in [2.24, 2.45) is 0 Å². The highest BCUT2D eigenvalue weighted by atomic mass is 16.5. The first-order valence-electron chi connectivity index (χ1n) is 9.26. The van der Waals surface area contributed by atoms with Crippen LogP contribution in [0.5, 0.6) is 17.2 Å². The number of amides is 1. The van der Waals surface area contributed by atoms with Crippen LogP contribution in [0.1, 0.15) is 61.0 Å². The van der Waals surface area contributed by atoms with Gasteiger partial charge in [0, 0.05) is 0 Å². The second-order valence-electron chi connectivity index (χ2n) is 7.07. The van der Waals surface area contributed by atoms with E-state index in [1.54, 1.807) is 13.2 Å².